The number of alkyl halides is 1. The Morgan fingerprint density at radius 3 is 2.74 bits per heavy atom. The highest BCUT2D eigenvalue weighted by atomic mass is 79.9. The van der Waals surface area contributed by atoms with Crippen LogP contribution in [-0.2, 0) is 9.59 Å². The summed E-state index contributed by atoms with van der Waals surface area (Å²) >= 11 is 15.2. The van der Waals surface area contributed by atoms with Crippen LogP contribution in [0.5, 0.6) is 0 Å². The Morgan fingerprint density at radius 1 is 1.17 bits per heavy atom. The van der Waals surface area contributed by atoms with Gasteiger partial charge in [-0.25, -0.2) is 0 Å². The van der Waals surface area contributed by atoms with Gasteiger partial charge >= 0.3 is 0 Å². The molecule has 1 aromatic carbocycles. The molecule has 2 saturated heterocycles. The first-order valence-corrected chi connectivity index (χ1v) is 14.4. The second-order valence-electron chi connectivity index (χ2n) is 9.68. The van der Waals surface area contributed by atoms with Gasteiger partial charge in [0.15, 0.2) is 5.11 Å². The third-order valence-electron chi connectivity index (χ3n) is 7.23. The van der Waals surface area contributed by atoms with Crippen LogP contribution < -0.4 is 15.5 Å². The van der Waals surface area contributed by atoms with Crippen molar-refractivity contribution in [3.63, 3.8) is 0 Å². The van der Waals surface area contributed by atoms with Crippen LogP contribution in [0.2, 0.25) is 5.02 Å². The Morgan fingerprint density at radius 2 is 1.97 bits per heavy atom. The number of anilines is 1. The number of carbonyl (C=O) groups excluding carboxylic acids is 2. The summed E-state index contributed by atoms with van der Waals surface area (Å²) in [6.07, 6.45) is 4.80. The van der Waals surface area contributed by atoms with E-state index in [1.807, 2.05) is 18.2 Å². The number of fused-ring (bicyclic) bond motifs is 1. The topological polar surface area (TPSA) is 67.9 Å². The van der Waals surface area contributed by atoms with Gasteiger partial charge < -0.3 is 15.5 Å². The number of benzene rings is 1. The Kier molecular flexibility index (Phi) is 9.67. The number of rotatable bonds is 9. The summed E-state index contributed by atoms with van der Waals surface area (Å²) in [5, 5.41) is 7.66. The van der Waals surface area contributed by atoms with Crippen LogP contribution in [0, 0.1) is 5.92 Å². The molecule has 3 unspecified atom stereocenters. The van der Waals surface area contributed by atoms with E-state index in [-0.39, 0.29) is 23.8 Å². The van der Waals surface area contributed by atoms with E-state index in [1.54, 1.807) is 4.90 Å². The number of amides is 2. The van der Waals surface area contributed by atoms with Gasteiger partial charge in [0.2, 0.25) is 11.8 Å². The number of thiocarbonyl (C=S) groups is 1. The first kappa shape index (κ1) is 26.6. The Labute approximate surface area is 227 Å². The summed E-state index contributed by atoms with van der Waals surface area (Å²) in [4.78, 5) is 32.1. The summed E-state index contributed by atoms with van der Waals surface area (Å²) < 4.78 is 0. The van der Waals surface area contributed by atoms with Gasteiger partial charge in [0.25, 0.3) is 0 Å². The maximum Gasteiger partial charge on any atom is 0.233 e. The fraction of sp³-hybridized carbons (Fsp3) is 0.640. The van der Waals surface area contributed by atoms with Crippen LogP contribution >= 0.6 is 39.7 Å². The average molecular weight is 585 g/mol. The van der Waals surface area contributed by atoms with Crippen LogP contribution in [0.1, 0.15) is 38.5 Å². The minimum absolute atomic E-state index is 0.0268. The summed E-state index contributed by atoms with van der Waals surface area (Å²) in [7, 11) is 0. The smallest absolute Gasteiger partial charge is 0.233 e. The first-order valence-electron chi connectivity index (χ1n) is 12.7. The van der Waals surface area contributed by atoms with Gasteiger partial charge in [-0.2, -0.15) is 0 Å². The number of piperazine rings is 1. The molecule has 1 aromatic rings. The van der Waals surface area contributed by atoms with Crippen LogP contribution in [-0.4, -0.2) is 83.4 Å². The van der Waals surface area contributed by atoms with Crippen LogP contribution in [0.3, 0.4) is 0 Å². The summed E-state index contributed by atoms with van der Waals surface area (Å²) in [5.74, 6) is 0.120. The first-order chi connectivity index (χ1) is 16.9. The Hall–Kier alpha value is -1.42. The lowest BCUT2D eigenvalue weighted by Gasteiger charge is -2.43. The quantitative estimate of drug-likeness (QED) is 0.264. The van der Waals surface area contributed by atoms with Crippen molar-refractivity contribution in [3.05, 3.63) is 29.3 Å². The number of nitrogens with one attached hydrogen (secondary N) is 2. The zero-order valence-corrected chi connectivity index (χ0v) is 23.2. The predicted octanol–water partition coefficient (Wildman–Crippen LogP) is 3.40. The third kappa shape index (κ3) is 7.31. The summed E-state index contributed by atoms with van der Waals surface area (Å²) in [6, 6.07) is 8.17. The maximum absolute atomic E-state index is 12.9. The lowest BCUT2D eigenvalue weighted by molar-refractivity contribution is -0.135. The van der Waals surface area contributed by atoms with E-state index in [1.165, 1.54) is 5.69 Å². The number of halogens is 2. The molecule has 3 aliphatic rings. The zero-order valence-electron chi connectivity index (χ0n) is 20.1. The molecule has 2 N–H and O–H groups in total. The molecule has 1 saturated carbocycles. The third-order valence-corrected chi connectivity index (χ3v) is 8.63. The molecule has 2 heterocycles. The van der Waals surface area contributed by atoms with Crippen molar-refractivity contribution >= 4 is 62.4 Å². The molecule has 1 aliphatic carbocycles. The molecular weight excluding hydrogens is 550 g/mol. The molecule has 0 bridgehead atoms. The highest BCUT2D eigenvalue weighted by molar-refractivity contribution is 9.09. The molecule has 2 aliphatic heterocycles. The van der Waals surface area contributed by atoms with E-state index >= 15 is 0 Å². The number of carbonyl (C=O) groups is 2. The van der Waals surface area contributed by atoms with Crippen molar-refractivity contribution in [1.82, 2.24) is 20.4 Å². The molecule has 10 heteroatoms. The van der Waals surface area contributed by atoms with Crippen molar-refractivity contribution in [1.29, 1.82) is 0 Å². The minimum Gasteiger partial charge on any atom is -0.369 e. The predicted molar refractivity (Wildman–Crippen MR) is 148 cm³/mol. The van der Waals surface area contributed by atoms with Gasteiger partial charge in [0.05, 0.1) is 5.92 Å². The monoisotopic (exact) mass is 583 g/mol. The van der Waals surface area contributed by atoms with Crippen molar-refractivity contribution in [2.24, 2.45) is 5.92 Å². The molecule has 3 fully saturated rings. The Bertz CT molecular complexity index is 914. The van der Waals surface area contributed by atoms with E-state index in [9.17, 15) is 9.59 Å². The normalized spacial score (nSPS) is 25.3. The highest BCUT2D eigenvalue weighted by Crippen LogP contribution is 2.33. The van der Waals surface area contributed by atoms with E-state index < -0.39 is 0 Å². The van der Waals surface area contributed by atoms with Crippen LogP contribution in [0.4, 0.5) is 5.69 Å². The Balaban J connectivity index is 1.08. The molecule has 35 heavy (non-hydrogen) atoms. The molecule has 2 amide bonds. The number of hydrogen-bond donors (Lipinski definition) is 2. The molecule has 3 atom stereocenters. The fourth-order valence-corrected chi connectivity index (χ4v) is 6.42. The molecular formula is C25H35BrClN5O2S. The van der Waals surface area contributed by atoms with Gasteiger partial charge in [-0.05, 0) is 69.1 Å². The molecule has 192 valence electrons. The van der Waals surface area contributed by atoms with E-state index in [2.05, 4.69) is 42.4 Å². The lowest BCUT2D eigenvalue weighted by atomic mass is 9.82. The van der Waals surface area contributed by atoms with Crippen LogP contribution in [0.25, 0.3) is 0 Å². The minimum atomic E-state index is -0.0268. The van der Waals surface area contributed by atoms with Crippen LogP contribution in [0.15, 0.2) is 24.3 Å². The average Bonchev–Trinajstić information content (AvgIpc) is 2.85. The molecule has 0 aromatic heterocycles. The van der Waals surface area contributed by atoms with E-state index in [0.29, 0.717) is 35.9 Å². The molecule has 7 nitrogen and oxygen atoms in total. The largest absolute Gasteiger partial charge is 0.369 e. The zero-order chi connectivity index (χ0) is 24.8. The van der Waals surface area contributed by atoms with Crippen molar-refractivity contribution in [2.45, 2.75) is 49.4 Å². The lowest BCUT2D eigenvalue weighted by Crippen LogP contribution is -2.61. The number of hydrogen-bond acceptors (Lipinski definition) is 5. The van der Waals surface area contributed by atoms with E-state index in [0.717, 1.165) is 63.4 Å². The fourth-order valence-electron chi connectivity index (χ4n) is 5.23. The van der Waals surface area contributed by atoms with Gasteiger partial charge in [0.1, 0.15) is 0 Å². The summed E-state index contributed by atoms with van der Waals surface area (Å²) in [5.41, 5.74) is 1.18. The summed E-state index contributed by atoms with van der Waals surface area (Å²) in [6.45, 7) is 6.12. The highest BCUT2D eigenvalue weighted by Gasteiger charge is 2.42. The SMILES string of the molecule is O=C(CCCN1C(=O)C2CC(Br)CCC2NC1=S)NCCCN1CCN(c2cccc(Cl)c2)CC1. The van der Waals surface area contributed by atoms with Crippen molar-refractivity contribution < 1.29 is 9.59 Å². The van der Waals surface area contributed by atoms with Crippen molar-refractivity contribution in [3.8, 4) is 0 Å². The molecule has 0 spiro atoms. The van der Waals surface area contributed by atoms with Gasteiger partial charge in [-0.1, -0.05) is 33.6 Å². The van der Waals surface area contributed by atoms with Gasteiger partial charge in [-0.15, -0.1) is 0 Å². The van der Waals surface area contributed by atoms with Crippen molar-refractivity contribution in [2.75, 3.05) is 50.7 Å². The molecule has 4 rings (SSSR count). The second-order valence-corrected chi connectivity index (χ2v) is 11.8. The van der Waals surface area contributed by atoms with Gasteiger partial charge in [-0.3, -0.25) is 19.4 Å². The van der Waals surface area contributed by atoms with E-state index in [4.69, 9.17) is 23.8 Å². The maximum atomic E-state index is 12.9. The second kappa shape index (κ2) is 12.7. The number of nitrogens with zero attached hydrogens (tertiary/aromatic N) is 3. The van der Waals surface area contributed by atoms with Gasteiger partial charge in [0, 0.05) is 67.3 Å². The standard InChI is InChI=1S/C25H35BrClN5O2S/c26-18-7-8-22-21(16-18)24(34)32(25(35)29-22)11-2-6-23(33)28-9-3-10-30-12-14-31(15-13-30)20-5-1-4-19(27)17-20/h1,4-5,17-18,21-22H,2-3,6-16H2,(H,28,33)(H,29,35). The molecule has 0 radical (unpaired) electrons.